The highest BCUT2D eigenvalue weighted by atomic mass is 16.5. The monoisotopic (exact) mass is 350 g/mol. The molecule has 5 nitrogen and oxygen atoms in total. The van der Waals surface area contributed by atoms with E-state index in [1.807, 2.05) is 30.3 Å². The predicted octanol–water partition coefficient (Wildman–Crippen LogP) is 3.92. The molecule has 0 spiro atoms. The summed E-state index contributed by atoms with van der Waals surface area (Å²) in [6.45, 7) is 6.91. The smallest absolute Gasteiger partial charge is 0.167 e. The van der Waals surface area contributed by atoms with Crippen LogP contribution >= 0.6 is 0 Å². The van der Waals surface area contributed by atoms with Gasteiger partial charge < -0.3 is 10.5 Å². The third-order valence-electron chi connectivity index (χ3n) is 4.27. The number of aromatic nitrogens is 3. The van der Waals surface area contributed by atoms with Gasteiger partial charge in [0.2, 0.25) is 0 Å². The lowest BCUT2D eigenvalue weighted by atomic mass is 9.87. The average Bonchev–Trinajstić information content (AvgIpc) is 3.10. The molecule has 0 radical (unpaired) electrons. The van der Waals surface area contributed by atoms with Crippen molar-refractivity contribution in [1.82, 2.24) is 15.2 Å². The van der Waals surface area contributed by atoms with E-state index in [-0.39, 0.29) is 11.5 Å². The number of ether oxygens (including phenoxy) is 1. The molecule has 26 heavy (non-hydrogen) atoms. The van der Waals surface area contributed by atoms with Gasteiger partial charge in [-0.2, -0.15) is 5.10 Å². The summed E-state index contributed by atoms with van der Waals surface area (Å²) in [7, 11) is 0. The fourth-order valence-corrected chi connectivity index (χ4v) is 2.70. The van der Waals surface area contributed by atoms with E-state index in [9.17, 15) is 0 Å². The zero-order valence-electron chi connectivity index (χ0n) is 15.6. The first-order valence-electron chi connectivity index (χ1n) is 8.86. The quantitative estimate of drug-likeness (QED) is 0.706. The van der Waals surface area contributed by atoms with E-state index >= 15 is 0 Å². The molecule has 0 saturated heterocycles. The van der Waals surface area contributed by atoms with Crippen molar-refractivity contribution in [2.24, 2.45) is 5.73 Å². The van der Waals surface area contributed by atoms with Crippen molar-refractivity contribution < 1.29 is 4.74 Å². The fraction of sp³-hybridized carbons (Fsp3) is 0.333. The maximum Gasteiger partial charge on any atom is 0.167 e. The van der Waals surface area contributed by atoms with Gasteiger partial charge >= 0.3 is 0 Å². The first-order chi connectivity index (χ1) is 12.4. The molecule has 0 fully saturated rings. The van der Waals surface area contributed by atoms with Gasteiger partial charge in [0.1, 0.15) is 12.4 Å². The molecule has 1 aromatic heterocycles. The van der Waals surface area contributed by atoms with E-state index in [0.29, 0.717) is 24.7 Å². The highest BCUT2D eigenvalue weighted by Gasteiger charge is 2.14. The number of hydrogen-bond donors (Lipinski definition) is 2. The first-order valence-corrected chi connectivity index (χ1v) is 8.86. The number of H-pyrrole nitrogens is 1. The summed E-state index contributed by atoms with van der Waals surface area (Å²) in [6, 6.07) is 18.0. The van der Waals surface area contributed by atoms with Crippen molar-refractivity contribution in [2.45, 2.75) is 45.3 Å². The summed E-state index contributed by atoms with van der Waals surface area (Å²) in [4.78, 5) is 4.46. The van der Waals surface area contributed by atoms with Gasteiger partial charge in [0.05, 0.1) is 6.04 Å². The van der Waals surface area contributed by atoms with E-state index in [1.165, 1.54) is 11.1 Å². The van der Waals surface area contributed by atoms with E-state index in [4.69, 9.17) is 10.5 Å². The second kappa shape index (κ2) is 7.70. The molecule has 0 bridgehead atoms. The second-order valence-corrected chi connectivity index (χ2v) is 7.50. The molecule has 3 N–H and O–H groups in total. The largest absolute Gasteiger partial charge is 0.486 e. The van der Waals surface area contributed by atoms with Crippen LogP contribution in [0.15, 0.2) is 54.6 Å². The number of nitrogens with one attached hydrogen (secondary N) is 1. The number of nitrogens with zero attached hydrogens (tertiary/aromatic N) is 2. The van der Waals surface area contributed by atoms with Crippen LogP contribution in [0, 0.1) is 0 Å². The number of rotatable bonds is 6. The molecule has 3 rings (SSSR count). The normalized spacial score (nSPS) is 12.8. The van der Waals surface area contributed by atoms with E-state index in [0.717, 1.165) is 5.75 Å². The average molecular weight is 350 g/mol. The minimum Gasteiger partial charge on any atom is -0.486 e. The molecule has 0 aliphatic rings. The van der Waals surface area contributed by atoms with Gasteiger partial charge in [0, 0.05) is 0 Å². The minimum atomic E-state index is -0.242. The van der Waals surface area contributed by atoms with Crippen molar-refractivity contribution >= 4 is 0 Å². The number of benzene rings is 2. The molecule has 5 heteroatoms. The lowest BCUT2D eigenvalue weighted by Crippen LogP contribution is -2.15. The molecule has 0 aliphatic carbocycles. The summed E-state index contributed by atoms with van der Waals surface area (Å²) in [5, 5.41) is 7.14. The van der Waals surface area contributed by atoms with Gasteiger partial charge in [0.25, 0.3) is 0 Å². The maximum absolute atomic E-state index is 6.22. The van der Waals surface area contributed by atoms with E-state index in [2.05, 4.69) is 60.2 Å². The molecule has 0 amide bonds. The number of aromatic amines is 1. The van der Waals surface area contributed by atoms with Crippen LogP contribution in [-0.4, -0.2) is 15.2 Å². The van der Waals surface area contributed by atoms with Crippen LogP contribution in [0.2, 0.25) is 0 Å². The maximum atomic E-state index is 6.22. The van der Waals surface area contributed by atoms with Crippen LogP contribution < -0.4 is 10.5 Å². The highest BCUT2D eigenvalue weighted by molar-refractivity contribution is 5.31. The first kappa shape index (κ1) is 18.1. The Balaban J connectivity index is 1.56. The fourth-order valence-electron chi connectivity index (χ4n) is 2.70. The molecular formula is C21H26N4O. The second-order valence-electron chi connectivity index (χ2n) is 7.50. The van der Waals surface area contributed by atoms with Gasteiger partial charge in [0.15, 0.2) is 11.6 Å². The SMILES string of the molecule is CC(C)(C)c1ccc(OCc2nc([C@H](N)Cc3ccccc3)n[nH]2)cc1. The Bertz CT molecular complexity index is 819. The lowest BCUT2D eigenvalue weighted by Gasteiger charge is -2.19. The van der Waals surface area contributed by atoms with Crippen LogP contribution in [0.25, 0.3) is 0 Å². The van der Waals surface area contributed by atoms with Gasteiger partial charge in [-0.05, 0) is 35.1 Å². The van der Waals surface area contributed by atoms with Crippen molar-refractivity contribution in [2.75, 3.05) is 0 Å². The van der Waals surface area contributed by atoms with Crippen LogP contribution in [0.5, 0.6) is 5.75 Å². The summed E-state index contributed by atoms with van der Waals surface area (Å²) >= 11 is 0. The predicted molar refractivity (Wildman–Crippen MR) is 103 cm³/mol. The van der Waals surface area contributed by atoms with Crippen LogP contribution in [0.4, 0.5) is 0 Å². The van der Waals surface area contributed by atoms with Gasteiger partial charge in [-0.1, -0.05) is 63.2 Å². The highest BCUT2D eigenvalue weighted by Crippen LogP contribution is 2.24. The Morgan fingerprint density at radius 1 is 1.04 bits per heavy atom. The third-order valence-corrected chi connectivity index (χ3v) is 4.27. The molecule has 136 valence electrons. The van der Waals surface area contributed by atoms with Crippen LogP contribution in [0.1, 0.15) is 49.6 Å². The molecule has 0 aliphatic heterocycles. The summed E-state index contributed by atoms with van der Waals surface area (Å²) < 4.78 is 5.80. The van der Waals surface area contributed by atoms with Crippen molar-refractivity contribution in [3.63, 3.8) is 0 Å². The van der Waals surface area contributed by atoms with Gasteiger partial charge in [-0.3, -0.25) is 5.10 Å². The van der Waals surface area contributed by atoms with E-state index < -0.39 is 0 Å². The standard InChI is InChI=1S/C21H26N4O/c1-21(2,3)16-9-11-17(12-10-16)26-14-19-23-20(25-24-19)18(22)13-15-7-5-4-6-8-15/h4-12,18H,13-14,22H2,1-3H3,(H,23,24,25)/t18-/m1/s1. The molecule has 0 saturated carbocycles. The lowest BCUT2D eigenvalue weighted by molar-refractivity contribution is 0.296. The zero-order chi connectivity index (χ0) is 18.6. The summed E-state index contributed by atoms with van der Waals surface area (Å²) in [5.41, 5.74) is 8.80. The van der Waals surface area contributed by atoms with E-state index in [1.54, 1.807) is 0 Å². The van der Waals surface area contributed by atoms with Crippen molar-refractivity contribution in [3.8, 4) is 5.75 Å². The van der Waals surface area contributed by atoms with Crippen molar-refractivity contribution in [1.29, 1.82) is 0 Å². The molecule has 1 atom stereocenters. The number of nitrogens with two attached hydrogens (primary N) is 1. The Kier molecular flexibility index (Phi) is 5.38. The molecule has 3 aromatic rings. The minimum absolute atomic E-state index is 0.132. The molecule has 0 unspecified atom stereocenters. The van der Waals surface area contributed by atoms with Gasteiger partial charge in [-0.25, -0.2) is 4.98 Å². The molecule has 1 heterocycles. The van der Waals surface area contributed by atoms with Crippen LogP contribution in [-0.2, 0) is 18.4 Å². The Hall–Kier alpha value is -2.66. The Morgan fingerprint density at radius 2 is 1.73 bits per heavy atom. The molecular weight excluding hydrogens is 324 g/mol. The van der Waals surface area contributed by atoms with Crippen molar-refractivity contribution in [3.05, 3.63) is 77.4 Å². The Labute approximate surface area is 154 Å². The third kappa shape index (κ3) is 4.70. The summed E-state index contributed by atoms with van der Waals surface area (Å²) in [5.74, 6) is 2.09. The Morgan fingerprint density at radius 3 is 2.38 bits per heavy atom. The van der Waals surface area contributed by atoms with Gasteiger partial charge in [-0.15, -0.1) is 0 Å². The topological polar surface area (TPSA) is 76.8 Å². The number of hydrogen-bond acceptors (Lipinski definition) is 4. The summed E-state index contributed by atoms with van der Waals surface area (Å²) in [6.07, 6.45) is 0.702. The molecule has 2 aromatic carbocycles. The van der Waals surface area contributed by atoms with Crippen LogP contribution in [0.3, 0.4) is 0 Å². The zero-order valence-corrected chi connectivity index (χ0v) is 15.6.